The number of carbonyl (C=O) groups excluding carboxylic acids is 1. The van der Waals surface area contributed by atoms with E-state index in [1.807, 2.05) is 24.0 Å². The lowest BCUT2D eigenvalue weighted by molar-refractivity contribution is 0.176. The molecule has 0 aromatic heterocycles. The zero-order valence-corrected chi connectivity index (χ0v) is 17.0. The second-order valence-electron chi connectivity index (χ2n) is 6.86. The lowest BCUT2D eigenvalue weighted by Crippen LogP contribution is -2.46. The minimum Gasteiger partial charge on any atom is -0.334 e. The highest BCUT2D eigenvalue weighted by molar-refractivity contribution is 6.42. The van der Waals surface area contributed by atoms with Crippen molar-refractivity contribution in [3.8, 4) is 0 Å². The Labute approximate surface area is 171 Å². The number of likely N-dealkylation sites (tertiary alicyclic amines) is 1. The van der Waals surface area contributed by atoms with Gasteiger partial charge < -0.3 is 10.2 Å². The van der Waals surface area contributed by atoms with E-state index in [1.165, 1.54) is 5.56 Å². The normalized spacial score (nSPS) is 17.1. The van der Waals surface area contributed by atoms with Crippen molar-refractivity contribution in [2.45, 2.75) is 32.5 Å². The predicted octanol–water partition coefficient (Wildman–Crippen LogP) is 4.80. The molecule has 1 atom stereocenters. The van der Waals surface area contributed by atoms with Crippen molar-refractivity contribution in [3.63, 3.8) is 0 Å². The van der Waals surface area contributed by atoms with Gasteiger partial charge in [-0.15, -0.1) is 0 Å². The Kier molecular flexibility index (Phi) is 7.00. The number of carbonyl (C=O) groups is 1. The number of halogens is 2. The van der Waals surface area contributed by atoms with E-state index in [4.69, 9.17) is 23.2 Å². The summed E-state index contributed by atoms with van der Waals surface area (Å²) >= 11 is 12.0. The first kappa shape index (κ1) is 20.0. The number of benzene rings is 2. The number of urea groups is 1. The largest absolute Gasteiger partial charge is 0.334 e. The van der Waals surface area contributed by atoms with Gasteiger partial charge in [-0.2, -0.15) is 0 Å². The van der Waals surface area contributed by atoms with Gasteiger partial charge in [-0.1, -0.05) is 59.6 Å². The summed E-state index contributed by atoms with van der Waals surface area (Å²) in [4.78, 5) is 17.0. The van der Waals surface area contributed by atoms with Crippen molar-refractivity contribution in [2.24, 2.45) is 0 Å². The number of rotatable bonds is 6. The maximum atomic E-state index is 12.7. The van der Waals surface area contributed by atoms with Crippen LogP contribution in [0, 0.1) is 0 Å². The molecule has 0 saturated carbocycles. The number of nitrogens with zero attached hydrogens (tertiary/aromatic N) is 2. The SMILES string of the molecule is CCN(C(=O)NCc1ccc(Cl)c(Cl)c1)C1CCN(Cc2ccccc2)C1. The average molecular weight is 406 g/mol. The summed E-state index contributed by atoms with van der Waals surface area (Å²) in [6, 6.07) is 16.1. The molecule has 1 N–H and O–H groups in total. The van der Waals surface area contributed by atoms with Crippen molar-refractivity contribution in [2.75, 3.05) is 19.6 Å². The highest BCUT2D eigenvalue weighted by Crippen LogP contribution is 2.23. The van der Waals surface area contributed by atoms with E-state index in [-0.39, 0.29) is 12.1 Å². The van der Waals surface area contributed by atoms with E-state index in [9.17, 15) is 4.79 Å². The first-order valence-electron chi connectivity index (χ1n) is 9.31. The van der Waals surface area contributed by atoms with E-state index < -0.39 is 0 Å². The standard InChI is InChI=1S/C21H25Cl2N3O/c1-2-26(21(27)24-13-17-8-9-19(22)20(23)12-17)18-10-11-25(15-18)14-16-6-4-3-5-7-16/h3-9,12,18H,2,10-11,13-15H2,1H3,(H,24,27). The lowest BCUT2D eigenvalue weighted by atomic mass is 10.2. The number of amides is 2. The van der Waals surface area contributed by atoms with Crippen molar-refractivity contribution >= 4 is 29.2 Å². The molecule has 2 aromatic rings. The molecule has 3 rings (SSSR count). The zero-order chi connectivity index (χ0) is 19.2. The van der Waals surface area contributed by atoms with Gasteiger partial charge in [0.25, 0.3) is 0 Å². The Morgan fingerprint density at radius 1 is 1.15 bits per heavy atom. The molecule has 144 valence electrons. The van der Waals surface area contributed by atoms with E-state index >= 15 is 0 Å². The van der Waals surface area contributed by atoms with Crippen LogP contribution in [0.25, 0.3) is 0 Å². The minimum atomic E-state index is -0.0323. The van der Waals surface area contributed by atoms with Crippen LogP contribution in [-0.4, -0.2) is 41.5 Å². The van der Waals surface area contributed by atoms with Gasteiger partial charge in [0.15, 0.2) is 0 Å². The van der Waals surface area contributed by atoms with Crippen molar-refractivity contribution < 1.29 is 4.79 Å². The molecule has 1 saturated heterocycles. The predicted molar refractivity (Wildman–Crippen MR) is 111 cm³/mol. The molecule has 1 aliphatic heterocycles. The molecule has 1 heterocycles. The van der Waals surface area contributed by atoms with E-state index in [1.54, 1.807) is 12.1 Å². The van der Waals surface area contributed by atoms with E-state index in [0.717, 1.165) is 31.6 Å². The summed E-state index contributed by atoms with van der Waals surface area (Å²) in [6.45, 7) is 6.00. The first-order valence-corrected chi connectivity index (χ1v) is 10.1. The monoisotopic (exact) mass is 405 g/mol. The number of hydrogen-bond acceptors (Lipinski definition) is 2. The van der Waals surface area contributed by atoms with Crippen molar-refractivity contribution in [1.82, 2.24) is 15.1 Å². The second kappa shape index (κ2) is 9.45. The van der Waals surface area contributed by atoms with E-state index in [0.29, 0.717) is 23.1 Å². The van der Waals surface area contributed by atoms with Crippen LogP contribution < -0.4 is 5.32 Å². The fourth-order valence-corrected chi connectivity index (χ4v) is 3.87. The molecule has 0 bridgehead atoms. The lowest BCUT2D eigenvalue weighted by Gasteiger charge is -2.28. The van der Waals surface area contributed by atoms with Gasteiger partial charge in [0.05, 0.1) is 10.0 Å². The molecular formula is C21H25Cl2N3O. The number of hydrogen-bond donors (Lipinski definition) is 1. The van der Waals surface area contributed by atoms with Gasteiger partial charge in [0.2, 0.25) is 0 Å². The average Bonchev–Trinajstić information content (AvgIpc) is 3.12. The highest BCUT2D eigenvalue weighted by Gasteiger charge is 2.29. The summed E-state index contributed by atoms with van der Waals surface area (Å²) in [5, 5.41) is 4.03. The third kappa shape index (κ3) is 5.38. The van der Waals surface area contributed by atoms with Crippen LogP contribution in [0.1, 0.15) is 24.5 Å². The second-order valence-corrected chi connectivity index (χ2v) is 7.67. The Morgan fingerprint density at radius 3 is 2.63 bits per heavy atom. The smallest absolute Gasteiger partial charge is 0.317 e. The van der Waals surface area contributed by atoms with E-state index in [2.05, 4.69) is 34.5 Å². The van der Waals surface area contributed by atoms with Crippen LogP contribution in [0.2, 0.25) is 10.0 Å². The fraction of sp³-hybridized carbons (Fsp3) is 0.381. The van der Waals surface area contributed by atoms with Crippen LogP contribution in [-0.2, 0) is 13.1 Å². The fourth-order valence-electron chi connectivity index (χ4n) is 3.55. The first-order chi connectivity index (χ1) is 13.1. The Balaban J connectivity index is 1.53. The quantitative estimate of drug-likeness (QED) is 0.748. The van der Waals surface area contributed by atoms with Gasteiger partial charge in [0, 0.05) is 38.8 Å². The Hall–Kier alpha value is -1.75. The molecule has 6 heteroatoms. The summed E-state index contributed by atoms with van der Waals surface area (Å²) in [5.74, 6) is 0. The van der Waals surface area contributed by atoms with Crippen LogP contribution in [0.3, 0.4) is 0 Å². The van der Waals surface area contributed by atoms with Crippen LogP contribution in [0.15, 0.2) is 48.5 Å². The Morgan fingerprint density at radius 2 is 1.93 bits per heavy atom. The Bertz CT molecular complexity index is 769. The summed E-state index contributed by atoms with van der Waals surface area (Å²) in [6.07, 6.45) is 1.00. The van der Waals surface area contributed by atoms with Crippen LogP contribution in [0.5, 0.6) is 0 Å². The number of likely N-dealkylation sites (N-methyl/N-ethyl adjacent to an activating group) is 1. The number of nitrogens with one attached hydrogen (secondary N) is 1. The molecule has 2 amide bonds. The zero-order valence-electron chi connectivity index (χ0n) is 15.5. The summed E-state index contributed by atoms with van der Waals surface area (Å²) in [7, 11) is 0. The molecule has 1 fully saturated rings. The molecule has 1 unspecified atom stereocenters. The van der Waals surface area contributed by atoms with Gasteiger partial charge in [-0.25, -0.2) is 4.79 Å². The summed E-state index contributed by atoms with van der Waals surface area (Å²) in [5.41, 5.74) is 2.25. The molecular weight excluding hydrogens is 381 g/mol. The molecule has 27 heavy (non-hydrogen) atoms. The van der Waals surface area contributed by atoms with Crippen LogP contribution in [0.4, 0.5) is 4.79 Å². The van der Waals surface area contributed by atoms with Gasteiger partial charge >= 0.3 is 6.03 Å². The van der Waals surface area contributed by atoms with Gasteiger partial charge in [0.1, 0.15) is 0 Å². The van der Waals surface area contributed by atoms with Gasteiger partial charge in [-0.3, -0.25) is 4.90 Å². The molecule has 1 aliphatic rings. The third-order valence-corrected chi connectivity index (χ3v) is 5.71. The van der Waals surface area contributed by atoms with Crippen molar-refractivity contribution in [1.29, 1.82) is 0 Å². The van der Waals surface area contributed by atoms with Crippen LogP contribution >= 0.6 is 23.2 Å². The maximum Gasteiger partial charge on any atom is 0.317 e. The van der Waals surface area contributed by atoms with Gasteiger partial charge in [-0.05, 0) is 36.6 Å². The third-order valence-electron chi connectivity index (χ3n) is 4.97. The molecule has 0 spiro atoms. The minimum absolute atomic E-state index is 0.0323. The molecule has 0 aliphatic carbocycles. The summed E-state index contributed by atoms with van der Waals surface area (Å²) < 4.78 is 0. The topological polar surface area (TPSA) is 35.6 Å². The molecule has 0 radical (unpaired) electrons. The highest BCUT2D eigenvalue weighted by atomic mass is 35.5. The maximum absolute atomic E-state index is 12.7. The van der Waals surface area contributed by atoms with Crippen molar-refractivity contribution in [3.05, 3.63) is 69.7 Å². The molecule has 2 aromatic carbocycles. The molecule has 4 nitrogen and oxygen atoms in total.